The molecule has 0 fully saturated rings. The summed E-state index contributed by atoms with van der Waals surface area (Å²) in [4.78, 5) is 17.9. The summed E-state index contributed by atoms with van der Waals surface area (Å²) in [6.07, 6.45) is 10.2. The lowest BCUT2D eigenvalue weighted by Crippen LogP contribution is -2.23. The number of fused-ring (bicyclic) bond motifs is 1. The van der Waals surface area contributed by atoms with E-state index < -0.39 is 0 Å². The molecule has 4 rings (SSSR count). The third-order valence-corrected chi connectivity index (χ3v) is 6.20. The summed E-state index contributed by atoms with van der Waals surface area (Å²) >= 11 is 1.32. The third-order valence-electron chi connectivity index (χ3n) is 5.22. The van der Waals surface area contributed by atoms with Crippen LogP contribution in [-0.2, 0) is 0 Å². The Bertz CT molecular complexity index is 1340. The van der Waals surface area contributed by atoms with Crippen LogP contribution in [0.2, 0.25) is 0 Å². The van der Waals surface area contributed by atoms with Gasteiger partial charge in [0.25, 0.3) is 5.56 Å². The Hall–Kier alpha value is -3.45. The van der Waals surface area contributed by atoms with Crippen LogP contribution in [0.3, 0.4) is 0 Å². The van der Waals surface area contributed by atoms with Gasteiger partial charge in [-0.1, -0.05) is 67.9 Å². The lowest BCUT2D eigenvalue weighted by molar-refractivity contribution is 0.305. The molecular formula is C26H27N3O3S. The molecule has 33 heavy (non-hydrogen) atoms. The first kappa shape index (κ1) is 22.7. The molecule has 0 aliphatic carbocycles. The minimum Gasteiger partial charge on any atom is -0.496 e. The molecule has 0 bridgehead atoms. The average molecular weight is 462 g/mol. The second kappa shape index (κ2) is 10.9. The molecule has 0 unspecified atom stereocenters. The van der Waals surface area contributed by atoms with E-state index in [4.69, 9.17) is 9.47 Å². The van der Waals surface area contributed by atoms with Crippen molar-refractivity contribution in [2.75, 3.05) is 13.7 Å². The molecule has 0 atom stereocenters. The molecule has 7 heteroatoms. The van der Waals surface area contributed by atoms with Crippen LogP contribution in [0, 0.1) is 0 Å². The summed E-state index contributed by atoms with van der Waals surface area (Å²) in [7, 11) is 1.64. The van der Waals surface area contributed by atoms with Crippen molar-refractivity contribution in [3.05, 3.63) is 75.1 Å². The Kier molecular flexibility index (Phi) is 7.52. The number of thiazole rings is 1. The summed E-state index contributed by atoms with van der Waals surface area (Å²) in [6, 6.07) is 15.4. The number of rotatable bonds is 10. The SMILES string of the molecule is CCCCCCOc1ccc(-c2nc3sc(=CC=Cc4ccccc4OC)c(=O)n3n2)cc1. The zero-order valence-electron chi connectivity index (χ0n) is 18.9. The van der Waals surface area contributed by atoms with Gasteiger partial charge in [0.1, 0.15) is 11.5 Å². The molecule has 0 amide bonds. The summed E-state index contributed by atoms with van der Waals surface area (Å²) in [5, 5.41) is 4.42. The van der Waals surface area contributed by atoms with Crippen LogP contribution in [0.25, 0.3) is 28.5 Å². The van der Waals surface area contributed by atoms with Crippen LogP contribution in [0.15, 0.2) is 59.4 Å². The standard InChI is InChI=1S/C26H27N3O3S/c1-3-4-5-8-18-32-21-16-14-20(15-17-21)24-27-26-29(28-24)25(30)23(33-26)13-9-11-19-10-6-7-12-22(19)31-2/h6-7,9-17H,3-5,8,18H2,1-2H3. The summed E-state index contributed by atoms with van der Waals surface area (Å²) in [5.41, 5.74) is 1.62. The first-order chi connectivity index (χ1) is 16.2. The highest BCUT2D eigenvalue weighted by molar-refractivity contribution is 7.15. The van der Waals surface area contributed by atoms with Gasteiger partial charge in [-0.2, -0.15) is 9.50 Å². The van der Waals surface area contributed by atoms with Crippen molar-refractivity contribution in [3.8, 4) is 22.9 Å². The molecule has 0 aliphatic heterocycles. The number of aromatic nitrogens is 3. The monoisotopic (exact) mass is 461 g/mol. The minimum absolute atomic E-state index is 0.176. The zero-order chi connectivity index (χ0) is 23.0. The quantitative estimate of drug-likeness (QED) is 0.311. The van der Waals surface area contributed by atoms with E-state index in [9.17, 15) is 4.79 Å². The Morgan fingerprint density at radius 1 is 1.06 bits per heavy atom. The van der Waals surface area contributed by atoms with E-state index >= 15 is 0 Å². The number of para-hydroxylation sites is 1. The maximum absolute atomic E-state index is 12.7. The summed E-state index contributed by atoms with van der Waals surface area (Å²) in [5.74, 6) is 2.15. The normalized spacial score (nSPS) is 12.1. The van der Waals surface area contributed by atoms with Crippen molar-refractivity contribution in [1.29, 1.82) is 0 Å². The fourth-order valence-electron chi connectivity index (χ4n) is 3.43. The van der Waals surface area contributed by atoms with Gasteiger partial charge in [0.2, 0.25) is 4.96 Å². The molecule has 6 nitrogen and oxygen atoms in total. The fourth-order valence-corrected chi connectivity index (χ4v) is 4.29. The molecule has 0 aliphatic rings. The van der Waals surface area contributed by atoms with E-state index in [-0.39, 0.29) is 5.56 Å². The predicted octanol–water partition coefficient (Wildman–Crippen LogP) is 5.00. The molecule has 4 aromatic rings. The molecule has 0 N–H and O–H groups in total. The molecule has 2 heterocycles. The fraction of sp³-hybridized carbons (Fsp3) is 0.269. The third kappa shape index (κ3) is 5.49. The van der Waals surface area contributed by atoms with Crippen LogP contribution in [0.4, 0.5) is 0 Å². The van der Waals surface area contributed by atoms with Crippen LogP contribution in [-0.4, -0.2) is 28.3 Å². The van der Waals surface area contributed by atoms with Gasteiger partial charge < -0.3 is 9.47 Å². The number of ether oxygens (including phenoxy) is 2. The number of nitrogens with zero attached hydrogens (tertiary/aromatic N) is 3. The minimum atomic E-state index is -0.176. The van der Waals surface area contributed by atoms with Gasteiger partial charge in [-0.3, -0.25) is 4.79 Å². The van der Waals surface area contributed by atoms with Crippen molar-refractivity contribution < 1.29 is 9.47 Å². The molecule has 0 saturated heterocycles. The average Bonchev–Trinajstić information content (AvgIpc) is 3.39. The van der Waals surface area contributed by atoms with E-state index in [0.717, 1.165) is 35.7 Å². The number of benzene rings is 2. The molecular weight excluding hydrogens is 434 g/mol. The van der Waals surface area contributed by atoms with Crippen molar-refractivity contribution in [2.24, 2.45) is 0 Å². The molecule has 170 valence electrons. The van der Waals surface area contributed by atoms with Crippen molar-refractivity contribution in [1.82, 2.24) is 14.6 Å². The maximum atomic E-state index is 12.7. The van der Waals surface area contributed by atoms with Gasteiger partial charge in [-0.05, 0) is 42.8 Å². The van der Waals surface area contributed by atoms with Crippen molar-refractivity contribution >= 4 is 28.4 Å². The van der Waals surface area contributed by atoms with E-state index in [0.29, 0.717) is 15.3 Å². The van der Waals surface area contributed by atoms with Gasteiger partial charge >= 0.3 is 0 Å². The summed E-state index contributed by atoms with van der Waals surface area (Å²) < 4.78 is 13.1. The summed E-state index contributed by atoms with van der Waals surface area (Å²) in [6.45, 7) is 2.92. The number of hydrogen-bond donors (Lipinski definition) is 0. The molecule has 0 spiro atoms. The van der Waals surface area contributed by atoms with Gasteiger partial charge in [0, 0.05) is 11.1 Å². The molecule has 2 aromatic carbocycles. The van der Waals surface area contributed by atoms with Crippen molar-refractivity contribution in [2.45, 2.75) is 32.6 Å². The topological polar surface area (TPSA) is 65.7 Å². The highest BCUT2D eigenvalue weighted by Gasteiger charge is 2.11. The molecule has 0 saturated carbocycles. The number of hydrogen-bond acceptors (Lipinski definition) is 6. The van der Waals surface area contributed by atoms with E-state index in [1.54, 1.807) is 13.2 Å². The Morgan fingerprint density at radius 3 is 2.64 bits per heavy atom. The second-order valence-electron chi connectivity index (χ2n) is 7.60. The Balaban J connectivity index is 1.47. The van der Waals surface area contributed by atoms with E-state index in [2.05, 4.69) is 17.0 Å². The van der Waals surface area contributed by atoms with Crippen LogP contribution < -0.4 is 19.6 Å². The van der Waals surface area contributed by atoms with Gasteiger partial charge in [0.05, 0.1) is 18.2 Å². The molecule has 2 aromatic heterocycles. The molecule has 0 radical (unpaired) electrons. The smallest absolute Gasteiger partial charge is 0.291 e. The van der Waals surface area contributed by atoms with Crippen LogP contribution in [0.5, 0.6) is 11.5 Å². The Labute approximate surface area is 196 Å². The number of unbranched alkanes of at least 4 members (excludes halogenated alkanes) is 3. The largest absolute Gasteiger partial charge is 0.496 e. The second-order valence-corrected chi connectivity index (χ2v) is 8.61. The zero-order valence-corrected chi connectivity index (χ0v) is 19.7. The highest BCUT2D eigenvalue weighted by Crippen LogP contribution is 2.21. The maximum Gasteiger partial charge on any atom is 0.291 e. The number of methoxy groups -OCH3 is 1. The first-order valence-electron chi connectivity index (χ1n) is 11.1. The van der Waals surface area contributed by atoms with Crippen LogP contribution >= 0.6 is 11.3 Å². The lowest BCUT2D eigenvalue weighted by Gasteiger charge is -2.06. The predicted molar refractivity (Wildman–Crippen MR) is 134 cm³/mol. The number of allylic oxidation sites excluding steroid dienone is 1. The van der Waals surface area contributed by atoms with Crippen LogP contribution in [0.1, 0.15) is 38.2 Å². The van der Waals surface area contributed by atoms with Gasteiger partial charge in [-0.15, -0.1) is 5.10 Å². The first-order valence-corrected chi connectivity index (χ1v) is 12.0. The lowest BCUT2D eigenvalue weighted by atomic mass is 10.2. The van der Waals surface area contributed by atoms with E-state index in [1.807, 2.05) is 60.7 Å². The van der Waals surface area contributed by atoms with Gasteiger partial charge in [-0.25, -0.2) is 0 Å². The van der Waals surface area contributed by atoms with E-state index in [1.165, 1.54) is 35.1 Å². The highest BCUT2D eigenvalue weighted by atomic mass is 32.1. The van der Waals surface area contributed by atoms with Crippen molar-refractivity contribution in [3.63, 3.8) is 0 Å². The van der Waals surface area contributed by atoms with Gasteiger partial charge in [0.15, 0.2) is 5.82 Å². The Morgan fingerprint density at radius 2 is 1.88 bits per heavy atom.